The molecule has 0 N–H and O–H groups in total. The Kier molecular flexibility index (Phi) is 6.95. The van der Waals surface area contributed by atoms with Crippen LogP contribution in [0.15, 0.2) is 0 Å². The molecule has 1 aliphatic rings. The number of likely N-dealkylation sites (tertiary alicyclic amines) is 1. The van der Waals surface area contributed by atoms with Gasteiger partial charge in [-0.15, -0.1) is 11.8 Å². The third-order valence-corrected chi connectivity index (χ3v) is 3.73. The van der Waals surface area contributed by atoms with Crippen molar-refractivity contribution in [1.82, 2.24) is 9.80 Å². The SMILES string of the molecule is CC#CCCN1CCC(CN(C)CS)CC1. The van der Waals surface area contributed by atoms with Crippen molar-refractivity contribution < 1.29 is 0 Å². The fourth-order valence-electron chi connectivity index (χ4n) is 2.23. The molecule has 92 valence electrons. The minimum Gasteiger partial charge on any atom is -0.302 e. The van der Waals surface area contributed by atoms with Crippen molar-refractivity contribution in [2.24, 2.45) is 5.92 Å². The molecule has 1 heterocycles. The van der Waals surface area contributed by atoms with Gasteiger partial charge >= 0.3 is 0 Å². The lowest BCUT2D eigenvalue weighted by Gasteiger charge is -2.33. The van der Waals surface area contributed by atoms with E-state index in [1.165, 1.54) is 32.5 Å². The average Bonchev–Trinajstić information content (AvgIpc) is 2.31. The summed E-state index contributed by atoms with van der Waals surface area (Å²) in [5.41, 5.74) is 0. The number of hydrogen-bond donors (Lipinski definition) is 1. The Bertz CT molecular complexity index is 236. The molecule has 0 aromatic rings. The maximum Gasteiger partial charge on any atom is 0.0411 e. The second-order valence-electron chi connectivity index (χ2n) is 4.64. The molecule has 1 aliphatic heterocycles. The van der Waals surface area contributed by atoms with Crippen LogP contribution in [0.4, 0.5) is 0 Å². The second kappa shape index (κ2) is 8.00. The van der Waals surface area contributed by atoms with Gasteiger partial charge in [-0.25, -0.2) is 0 Å². The second-order valence-corrected chi connectivity index (χ2v) is 4.92. The number of hydrogen-bond acceptors (Lipinski definition) is 3. The fraction of sp³-hybridized carbons (Fsp3) is 0.846. The van der Waals surface area contributed by atoms with Crippen LogP contribution in [0.3, 0.4) is 0 Å². The molecule has 0 unspecified atom stereocenters. The summed E-state index contributed by atoms with van der Waals surface area (Å²) in [6, 6.07) is 0. The molecular weight excluding hydrogens is 216 g/mol. The van der Waals surface area contributed by atoms with Crippen molar-refractivity contribution in [3.63, 3.8) is 0 Å². The van der Waals surface area contributed by atoms with Crippen LogP contribution in [-0.4, -0.2) is 48.9 Å². The van der Waals surface area contributed by atoms with E-state index in [9.17, 15) is 0 Å². The number of thiol groups is 1. The molecular formula is C13H24N2S. The van der Waals surface area contributed by atoms with Crippen molar-refractivity contribution in [3.05, 3.63) is 0 Å². The van der Waals surface area contributed by atoms with Crippen LogP contribution in [0.2, 0.25) is 0 Å². The summed E-state index contributed by atoms with van der Waals surface area (Å²) < 4.78 is 0. The Labute approximate surface area is 106 Å². The molecule has 0 saturated carbocycles. The predicted octanol–water partition coefficient (Wildman–Crippen LogP) is 1.93. The third kappa shape index (κ3) is 5.25. The van der Waals surface area contributed by atoms with Gasteiger partial charge in [0.25, 0.3) is 0 Å². The normalized spacial score (nSPS) is 18.5. The van der Waals surface area contributed by atoms with Gasteiger partial charge in [0.05, 0.1) is 0 Å². The third-order valence-electron chi connectivity index (χ3n) is 3.25. The molecule has 1 fully saturated rings. The molecule has 3 heteroatoms. The Hall–Kier alpha value is -0.170. The summed E-state index contributed by atoms with van der Waals surface area (Å²) in [6.45, 7) is 6.76. The zero-order chi connectivity index (χ0) is 11.8. The monoisotopic (exact) mass is 240 g/mol. The van der Waals surface area contributed by atoms with Crippen LogP contribution < -0.4 is 0 Å². The fourth-order valence-corrected chi connectivity index (χ4v) is 2.35. The minimum absolute atomic E-state index is 0.866. The summed E-state index contributed by atoms with van der Waals surface area (Å²) in [7, 11) is 2.15. The van der Waals surface area contributed by atoms with E-state index in [0.717, 1.165) is 24.8 Å². The van der Waals surface area contributed by atoms with Gasteiger partial charge in [-0.05, 0) is 45.8 Å². The molecule has 0 bridgehead atoms. The molecule has 0 radical (unpaired) electrons. The first kappa shape index (κ1) is 13.9. The first-order valence-corrected chi connectivity index (χ1v) is 6.81. The molecule has 0 aromatic carbocycles. The van der Waals surface area contributed by atoms with Crippen molar-refractivity contribution in [3.8, 4) is 11.8 Å². The molecule has 0 amide bonds. The van der Waals surface area contributed by atoms with Gasteiger partial charge < -0.3 is 4.90 Å². The van der Waals surface area contributed by atoms with Crippen LogP contribution in [0.25, 0.3) is 0 Å². The van der Waals surface area contributed by atoms with E-state index in [-0.39, 0.29) is 0 Å². The number of rotatable bonds is 5. The number of nitrogens with zero attached hydrogens (tertiary/aromatic N) is 2. The summed E-state index contributed by atoms with van der Waals surface area (Å²) >= 11 is 4.29. The zero-order valence-corrected chi connectivity index (χ0v) is 11.5. The average molecular weight is 240 g/mol. The lowest BCUT2D eigenvalue weighted by Crippen LogP contribution is -2.37. The minimum atomic E-state index is 0.866. The predicted molar refractivity (Wildman–Crippen MR) is 73.7 cm³/mol. The van der Waals surface area contributed by atoms with E-state index in [1.807, 2.05) is 6.92 Å². The standard InChI is InChI=1S/C13H24N2S/c1-3-4-5-8-15-9-6-13(7-10-15)11-14(2)12-16/h13,16H,5-12H2,1-2H3. The summed E-state index contributed by atoms with van der Waals surface area (Å²) in [5, 5.41) is 0. The van der Waals surface area contributed by atoms with Crippen LogP contribution in [0.1, 0.15) is 26.2 Å². The smallest absolute Gasteiger partial charge is 0.0411 e. The molecule has 0 aromatic heterocycles. The van der Waals surface area contributed by atoms with Crippen molar-refractivity contribution in [2.75, 3.05) is 39.1 Å². The maximum atomic E-state index is 4.29. The van der Waals surface area contributed by atoms with Crippen LogP contribution >= 0.6 is 12.6 Å². The number of piperidine rings is 1. The Balaban J connectivity index is 2.15. The highest BCUT2D eigenvalue weighted by Crippen LogP contribution is 2.18. The van der Waals surface area contributed by atoms with E-state index in [4.69, 9.17) is 0 Å². The molecule has 1 saturated heterocycles. The molecule has 0 aliphatic carbocycles. The van der Waals surface area contributed by atoms with Gasteiger partial charge in [0.15, 0.2) is 0 Å². The summed E-state index contributed by atoms with van der Waals surface area (Å²) in [5.74, 6) is 7.83. The molecule has 0 spiro atoms. The highest BCUT2D eigenvalue weighted by molar-refractivity contribution is 7.80. The van der Waals surface area contributed by atoms with E-state index in [0.29, 0.717) is 0 Å². The Morgan fingerprint density at radius 2 is 2.06 bits per heavy atom. The Morgan fingerprint density at radius 1 is 1.38 bits per heavy atom. The van der Waals surface area contributed by atoms with Gasteiger partial charge in [-0.2, -0.15) is 12.6 Å². The zero-order valence-electron chi connectivity index (χ0n) is 10.6. The summed E-state index contributed by atoms with van der Waals surface area (Å²) in [6.07, 6.45) is 3.69. The van der Waals surface area contributed by atoms with Gasteiger partial charge in [0, 0.05) is 25.4 Å². The quantitative estimate of drug-likeness (QED) is 0.446. The highest BCUT2D eigenvalue weighted by Gasteiger charge is 2.19. The molecule has 16 heavy (non-hydrogen) atoms. The highest BCUT2D eigenvalue weighted by atomic mass is 32.1. The van der Waals surface area contributed by atoms with Gasteiger partial charge in [-0.3, -0.25) is 4.90 Å². The maximum absolute atomic E-state index is 4.29. The molecule has 0 atom stereocenters. The lowest BCUT2D eigenvalue weighted by molar-refractivity contribution is 0.164. The van der Waals surface area contributed by atoms with Crippen LogP contribution in [0.5, 0.6) is 0 Å². The van der Waals surface area contributed by atoms with Crippen LogP contribution in [0, 0.1) is 17.8 Å². The van der Waals surface area contributed by atoms with Crippen molar-refractivity contribution >= 4 is 12.6 Å². The van der Waals surface area contributed by atoms with Crippen molar-refractivity contribution in [2.45, 2.75) is 26.2 Å². The van der Waals surface area contributed by atoms with Gasteiger partial charge in [0.1, 0.15) is 0 Å². The van der Waals surface area contributed by atoms with E-state index in [2.05, 4.69) is 41.3 Å². The first-order chi connectivity index (χ1) is 7.76. The van der Waals surface area contributed by atoms with Gasteiger partial charge in [-0.1, -0.05) is 0 Å². The Morgan fingerprint density at radius 3 is 2.62 bits per heavy atom. The lowest BCUT2D eigenvalue weighted by atomic mass is 9.96. The van der Waals surface area contributed by atoms with Crippen LogP contribution in [-0.2, 0) is 0 Å². The van der Waals surface area contributed by atoms with E-state index >= 15 is 0 Å². The largest absolute Gasteiger partial charge is 0.302 e. The van der Waals surface area contributed by atoms with E-state index in [1.54, 1.807) is 0 Å². The van der Waals surface area contributed by atoms with Gasteiger partial charge in [0.2, 0.25) is 0 Å². The van der Waals surface area contributed by atoms with E-state index < -0.39 is 0 Å². The topological polar surface area (TPSA) is 6.48 Å². The molecule has 1 rings (SSSR count). The van der Waals surface area contributed by atoms with Crippen molar-refractivity contribution in [1.29, 1.82) is 0 Å². The first-order valence-electron chi connectivity index (χ1n) is 6.17. The molecule has 2 nitrogen and oxygen atoms in total. The summed E-state index contributed by atoms with van der Waals surface area (Å²) in [4.78, 5) is 4.84.